The molecule has 1 saturated heterocycles. The fourth-order valence-corrected chi connectivity index (χ4v) is 3.94. The lowest BCUT2D eigenvalue weighted by Crippen LogP contribution is -2.29. The molecule has 1 N–H and O–H groups in total. The molecule has 1 amide bonds. The highest BCUT2D eigenvalue weighted by Gasteiger charge is 2.46. The molecular weight excluding hydrogens is 440 g/mol. The third-order valence-electron chi connectivity index (χ3n) is 5.36. The maximum atomic E-state index is 13.1. The van der Waals surface area contributed by atoms with Gasteiger partial charge in [-0.2, -0.15) is 0 Å². The topological polar surface area (TPSA) is 79.7 Å². The number of aromatic nitrogens is 1. The van der Waals surface area contributed by atoms with E-state index in [1.54, 1.807) is 66.9 Å². The molecule has 0 bridgehead atoms. The maximum absolute atomic E-state index is 13.1. The highest BCUT2D eigenvalue weighted by atomic mass is 35.5. The van der Waals surface area contributed by atoms with Crippen LogP contribution in [0.5, 0.6) is 5.75 Å². The molecule has 6 nitrogen and oxygen atoms in total. The zero-order valence-corrected chi connectivity index (χ0v) is 18.8. The van der Waals surface area contributed by atoms with Gasteiger partial charge >= 0.3 is 0 Å². The van der Waals surface area contributed by atoms with Crippen LogP contribution < -0.4 is 4.74 Å². The van der Waals surface area contributed by atoms with Crippen molar-refractivity contribution in [2.75, 3.05) is 6.61 Å². The largest absolute Gasteiger partial charge is 0.507 e. The zero-order chi connectivity index (χ0) is 23.4. The number of carbonyl (C=O) groups is 2. The number of hydrogen-bond acceptors (Lipinski definition) is 5. The van der Waals surface area contributed by atoms with Gasteiger partial charge in [0, 0.05) is 16.8 Å². The van der Waals surface area contributed by atoms with E-state index in [0.29, 0.717) is 34.2 Å². The van der Waals surface area contributed by atoms with Crippen LogP contribution in [-0.4, -0.2) is 33.3 Å². The Morgan fingerprint density at radius 3 is 2.58 bits per heavy atom. The molecule has 1 aliphatic heterocycles. The minimum absolute atomic E-state index is 0.0193. The van der Waals surface area contributed by atoms with Crippen LogP contribution in [0.25, 0.3) is 5.76 Å². The Kier molecular flexibility index (Phi) is 6.75. The van der Waals surface area contributed by atoms with Gasteiger partial charge < -0.3 is 14.7 Å². The molecule has 7 heteroatoms. The number of aliphatic hydroxyl groups excluding tert-OH is 1. The smallest absolute Gasteiger partial charge is 0.296 e. The molecule has 168 valence electrons. The Hall–Kier alpha value is -3.64. The number of likely N-dealkylation sites (tertiary alicyclic amines) is 1. The molecule has 1 fully saturated rings. The first-order chi connectivity index (χ1) is 16.0. The lowest BCUT2D eigenvalue weighted by Gasteiger charge is -2.25. The van der Waals surface area contributed by atoms with E-state index in [1.807, 2.05) is 13.0 Å². The summed E-state index contributed by atoms with van der Waals surface area (Å²) in [5, 5.41) is 11.7. The van der Waals surface area contributed by atoms with Crippen molar-refractivity contribution in [3.63, 3.8) is 0 Å². The Labute approximate surface area is 197 Å². The molecule has 0 saturated carbocycles. The molecule has 3 aromatic rings. The number of aliphatic hydroxyl groups is 1. The summed E-state index contributed by atoms with van der Waals surface area (Å²) in [5.41, 5.74) is 1.71. The lowest BCUT2D eigenvalue weighted by molar-refractivity contribution is -0.140. The van der Waals surface area contributed by atoms with Gasteiger partial charge in [0.1, 0.15) is 11.5 Å². The summed E-state index contributed by atoms with van der Waals surface area (Å²) in [7, 11) is 0. The van der Waals surface area contributed by atoms with Crippen molar-refractivity contribution in [1.82, 2.24) is 9.88 Å². The van der Waals surface area contributed by atoms with Crippen LogP contribution in [0.1, 0.15) is 36.2 Å². The summed E-state index contributed by atoms with van der Waals surface area (Å²) in [6.45, 7) is 2.65. The molecule has 1 aromatic heterocycles. The van der Waals surface area contributed by atoms with Crippen LogP contribution >= 0.6 is 11.6 Å². The number of halogens is 1. The fourth-order valence-electron chi connectivity index (χ4n) is 3.81. The second kappa shape index (κ2) is 9.88. The van der Waals surface area contributed by atoms with Gasteiger partial charge in [-0.05, 0) is 48.4 Å². The van der Waals surface area contributed by atoms with Crippen LogP contribution in [0.4, 0.5) is 0 Å². The second-order valence-corrected chi connectivity index (χ2v) is 8.11. The average molecular weight is 463 g/mol. The summed E-state index contributed by atoms with van der Waals surface area (Å²) in [6, 6.07) is 18.3. The van der Waals surface area contributed by atoms with Crippen molar-refractivity contribution >= 4 is 29.1 Å². The van der Waals surface area contributed by atoms with Crippen molar-refractivity contribution in [1.29, 1.82) is 0 Å². The van der Waals surface area contributed by atoms with E-state index in [9.17, 15) is 14.7 Å². The minimum atomic E-state index is -0.788. The van der Waals surface area contributed by atoms with Crippen molar-refractivity contribution < 1.29 is 19.4 Å². The lowest BCUT2D eigenvalue weighted by atomic mass is 9.95. The molecule has 1 aliphatic rings. The van der Waals surface area contributed by atoms with E-state index >= 15 is 0 Å². The van der Waals surface area contributed by atoms with Gasteiger partial charge in [0.25, 0.3) is 11.7 Å². The number of carbonyl (C=O) groups excluding carboxylic acids is 2. The van der Waals surface area contributed by atoms with Crippen molar-refractivity contribution in [3.05, 3.63) is 100 Å². The Morgan fingerprint density at radius 2 is 1.88 bits per heavy atom. The van der Waals surface area contributed by atoms with Gasteiger partial charge in [-0.3, -0.25) is 14.6 Å². The zero-order valence-electron chi connectivity index (χ0n) is 18.1. The predicted octanol–water partition coefficient (Wildman–Crippen LogP) is 5.15. The van der Waals surface area contributed by atoms with Gasteiger partial charge in [-0.1, -0.05) is 48.9 Å². The second-order valence-electron chi connectivity index (χ2n) is 7.68. The number of nitrogens with zero attached hydrogens (tertiary/aromatic N) is 2. The molecule has 2 heterocycles. The van der Waals surface area contributed by atoms with E-state index in [-0.39, 0.29) is 17.9 Å². The molecule has 2 aromatic carbocycles. The van der Waals surface area contributed by atoms with Gasteiger partial charge in [0.2, 0.25) is 0 Å². The minimum Gasteiger partial charge on any atom is -0.507 e. The van der Waals surface area contributed by atoms with Crippen LogP contribution in [0.3, 0.4) is 0 Å². The van der Waals surface area contributed by atoms with Gasteiger partial charge in [-0.25, -0.2) is 0 Å². The average Bonchev–Trinajstić information content (AvgIpc) is 3.08. The van der Waals surface area contributed by atoms with E-state index in [4.69, 9.17) is 16.3 Å². The number of hydrogen-bond donors (Lipinski definition) is 1. The first-order valence-corrected chi connectivity index (χ1v) is 11.0. The first-order valence-electron chi connectivity index (χ1n) is 10.7. The summed E-state index contributed by atoms with van der Waals surface area (Å²) >= 11 is 6.06. The normalized spacial score (nSPS) is 17.4. The quantitative estimate of drug-likeness (QED) is 0.298. The molecule has 33 heavy (non-hydrogen) atoms. The Balaban J connectivity index is 1.81. The number of pyridine rings is 1. The highest BCUT2D eigenvalue weighted by molar-refractivity contribution is 6.46. The van der Waals surface area contributed by atoms with Crippen LogP contribution in [0.15, 0.2) is 78.5 Å². The summed E-state index contributed by atoms with van der Waals surface area (Å²) in [5.74, 6) is -1.12. The van der Waals surface area contributed by atoms with Crippen LogP contribution in [0, 0.1) is 0 Å². The predicted molar refractivity (Wildman–Crippen MR) is 126 cm³/mol. The van der Waals surface area contributed by atoms with E-state index in [1.165, 1.54) is 4.90 Å². The number of ether oxygens (including phenoxy) is 1. The third-order valence-corrected chi connectivity index (χ3v) is 5.62. The molecular formula is C26H23ClN2O4. The number of benzene rings is 2. The molecule has 1 atom stereocenters. The van der Waals surface area contributed by atoms with Crippen molar-refractivity contribution in [2.24, 2.45) is 0 Å². The number of amides is 1. The summed E-state index contributed by atoms with van der Waals surface area (Å²) < 4.78 is 5.66. The van der Waals surface area contributed by atoms with E-state index in [2.05, 4.69) is 4.98 Å². The van der Waals surface area contributed by atoms with Crippen molar-refractivity contribution in [3.8, 4) is 5.75 Å². The standard InChI is InChI=1S/C26H23ClN2O4/c1-2-14-33-21-8-5-6-18(15-21)24(30)22-23(17-9-11-19(27)12-10-17)29(26(32)25(22)31)16-20-7-3-4-13-28-20/h3-13,15,23,30H,2,14,16H2,1H3/b24-22-. The SMILES string of the molecule is CCCOc1cccc(/C(O)=C2/C(=O)C(=O)N(Cc3ccccn3)C2c2ccc(Cl)cc2)c1. The maximum Gasteiger partial charge on any atom is 0.296 e. The van der Waals surface area contributed by atoms with E-state index in [0.717, 1.165) is 6.42 Å². The highest BCUT2D eigenvalue weighted by Crippen LogP contribution is 2.40. The third kappa shape index (κ3) is 4.76. The van der Waals surface area contributed by atoms with E-state index < -0.39 is 17.7 Å². The van der Waals surface area contributed by atoms with Crippen LogP contribution in [0.2, 0.25) is 5.02 Å². The molecule has 0 radical (unpaired) electrons. The first kappa shape index (κ1) is 22.6. The van der Waals surface area contributed by atoms with Gasteiger partial charge in [0.05, 0.1) is 30.5 Å². The molecule has 0 aliphatic carbocycles. The van der Waals surface area contributed by atoms with Gasteiger partial charge in [0.15, 0.2) is 0 Å². The Bertz CT molecular complexity index is 1190. The molecule has 1 unspecified atom stereocenters. The van der Waals surface area contributed by atoms with Gasteiger partial charge in [-0.15, -0.1) is 0 Å². The summed E-state index contributed by atoms with van der Waals surface area (Å²) in [6.07, 6.45) is 2.47. The fraction of sp³-hybridized carbons (Fsp3) is 0.192. The Morgan fingerprint density at radius 1 is 1.09 bits per heavy atom. The van der Waals surface area contributed by atoms with Crippen LogP contribution in [-0.2, 0) is 16.1 Å². The number of rotatable bonds is 7. The number of Topliss-reactive ketones (excluding diaryl/α,β-unsaturated/α-hetero) is 1. The molecule has 0 spiro atoms. The summed E-state index contributed by atoms with van der Waals surface area (Å²) in [4.78, 5) is 31.9. The molecule has 4 rings (SSSR count). The monoisotopic (exact) mass is 462 g/mol. The number of ketones is 1. The van der Waals surface area contributed by atoms with Crippen molar-refractivity contribution in [2.45, 2.75) is 25.9 Å².